The van der Waals surface area contributed by atoms with Crippen molar-refractivity contribution in [1.82, 2.24) is 0 Å². The predicted molar refractivity (Wildman–Crippen MR) is 105 cm³/mol. The first kappa shape index (κ1) is 19.7. The number of carbonyl (C=O) groups excluding carboxylic acids is 1. The molecule has 6 heteroatoms. The van der Waals surface area contributed by atoms with E-state index in [1.807, 2.05) is 57.2 Å². The van der Waals surface area contributed by atoms with E-state index < -0.39 is 11.7 Å². The molecule has 0 unspecified atom stereocenters. The van der Waals surface area contributed by atoms with Crippen LogP contribution in [0.2, 0.25) is 5.02 Å². The minimum absolute atomic E-state index is 0.106. The number of rotatable bonds is 5. The number of amides is 1. The van der Waals surface area contributed by atoms with Crippen molar-refractivity contribution in [2.45, 2.75) is 33.2 Å². The fourth-order valence-electron chi connectivity index (χ4n) is 2.72. The lowest BCUT2D eigenvalue weighted by molar-refractivity contribution is -0.226. The third kappa shape index (κ3) is 5.01. The Morgan fingerprint density at radius 2 is 1.70 bits per heavy atom. The third-order valence-electron chi connectivity index (χ3n) is 4.28. The van der Waals surface area contributed by atoms with Gasteiger partial charge in [-0.15, -0.1) is 0 Å². The average molecular weight is 390 g/mol. The summed E-state index contributed by atoms with van der Waals surface area (Å²) in [6, 6.07) is 14.6. The Morgan fingerprint density at radius 1 is 1.11 bits per heavy atom. The Balaban J connectivity index is 1.58. The zero-order chi connectivity index (χ0) is 19.4. The van der Waals surface area contributed by atoms with Crippen LogP contribution in [0.25, 0.3) is 0 Å². The number of benzene rings is 2. The molecule has 1 fully saturated rings. The maximum absolute atomic E-state index is 12.7. The van der Waals surface area contributed by atoms with E-state index in [0.29, 0.717) is 10.7 Å². The fraction of sp³-hybridized carbons (Fsp3) is 0.381. The minimum atomic E-state index is -0.768. The largest absolute Gasteiger partial charge is 0.491 e. The second kappa shape index (κ2) is 8.30. The summed E-state index contributed by atoms with van der Waals surface area (Å²) < 4.78 is 17.2. The second-order valence-electron chi connectivity index (χ2n) is 7.21. The first-order chi connectivity index (χ1) is 12.9. The Bertz CT molecular complexity index is 766. The zero-order valence-corrected chi connectivity index (χ0v) is 16.5. The molecule has 0 saturated carbocycles. The summed E-state index contributed by atoms with van der Waals surface area (Å²) in [5, 5.41) is 3.58. The van der Waals surface area contributed by atoms with Crippen LogP contribution in [0.1, 0.15) is 32.6 Å². The van der Waals surface area contributed by atoms with Crippen molar-refractivity contribution in [1.29, 1.82) is 0 Å². The smallest absolute Gasteiger partial charge is 0.234 e. The predicted octanol–water partition coefficient (Wildman–Crippen LogP) is 4.82. The molecule has 0 aliphatic carbocycles. The topological polar surface area (TPSA) is 56.8 Å². The van der Waals surface area contributed by atoms with Gasteiger partial charge in [-0.1, -0.05) is 23.7 Å². The van der Waals surface area contributed by atoms with Crippen molar-refractivity contribution >= 4 is 23.2 Å². The number of hydrogen-bond donors (Lipinski definition) is 1. The maximum Gasteiger partial charge on any atom is 0.234 e. The van der Waals surface area contributed by atoms with Crippen molar-refractivity contribution in [3.05, 3.63) is 59.1 Å². The molecule has 0 spiro atoms. The average Bonchev–Trinajstić information content (AvgIpc) is 2.64. The van der Waals surface area contributed by atoms with E-state index in [-0.39, 0.29) is 25.2 Å². The first-order valence-electron chi connectivity index (χ1n) is 8.92. The van der Waals surface area contributed by atoms with E-state index in [1.54, 1.807) is 12.1 Å². The van der Waals surface area contributed by atoms with Crippen LogP contribution in [0.5, 0.6) is 5.75 Å². The third-order valence-corrected chi connectivity index (χ3v) is 4.53. The summed E-state index contributed by atoms with van der Waals surface area (Å²) >= 11 is 5.91. The van der Waals surface area contributed by atoms with Gasteiger partial charge >= 0.3 is 0 Å². The Morgan fingerprint density at radius 3 is 2.26 bits per heavy atom. The van der Waals surface area contributed by atoms with E-state index in [0.717, 1.165) is 11.3 Å². The van der Waals surface area contributed by atoms with Crippen LogP contribution in [0.3, 0.4) is 0 Å². The van der Waals surface area contributed by atoms with E-state index in [2.05, 4.69) is 5.32 Å². The molecule has 27 heavy (non-hydrogen) atoms. The van der Waals surface area contributed by atoms with Crippen molar-refractivity contribution in [3.63, 3.8) is 0 Å². The molecule has 1 saturated heterocycles. The van der Waals surface area contributed by atoms with Gasteiger partial charge in [-0.25, -0.2) is 0 Å². The van der Waals surface area contributed by atoms with Crippen molar-refractivity contribution < 1.29 is 19.0 Å². The zero-order valence-electron chi connectivity index (χ0n) is 15.7. The molecule has 0 aromatic heterocycles. The van der Waals surface area contributed by atoms with E-state index in [4.69, 9.17) is 25.8 Å². The number of halogens is 1. The highest BCUT2D eigenvalue weighted by molar-refractivity contribution is 6.30. The molecule has 0 radical (unpaired) electrons. The van der Waals surface area contributed by atoms with Gasteiger partial charge in [-0.3, -0.25) is 4.79 Å². The van der Waals surface area contributed by atoms with Crippen molar-refractivity contribution in [2.75, 3.05) is 18.5 Å². The van der Waals surface area contributed by atoms with Crippen LogP contribution in [-0.4, -0.2) is 25.2 Å². The van der Waals surface area contributed by atoms with Gasteiger partial charge in [0.2, 0.25) is 5.91 Å². The SMILES string of the molecule is CC(C)Oc1ccc(NC(=O)C2(C)COC(c3ccc(Cl)cc3)OC2)cc1. The van der Waals surface area contributed by atoms with Crippen LogP contribution < -0.4 is 10.1 Å². The molecule has 3 rings (SSSR count). The molecular weight excluding hydrogens is 366 g/mol. The minimum Gasteiger partial charge on any atom is -0.491 e. The monoisotopic (exact) mass is 389 g/mol. The van der Waals surface area contributed by atoms with E-state index in [9.17, 15) is 4.79 Å². The van der Waals surface area contributed by atoms with Gasteiger partial charge in [0, 0.05) is 16.3 Å². The Hall–Kier alpha value is -2.08. The molecular formula is C21H24ClNO4. The lowest BCUT2D eigenvalue weighted by Gasteiger charge is -2.36. The van der Waals surface area contributed by atoms with Crippen molar-refractivity contribution in [3.8, 4) is 5.75 Å². The molecule has 1 aliphatic rings. The van der Waals surface area contributed by atoms with Crippen molar-refractivity contribution in [2.24, 2.45) is 5.41 Å². The molecule has 1 N–H and O–H groups in total. The lowest BCUT2D eigenvalue weighted by atomic mass is 9.90. The van der Waals surface area contributed by atoms with Crippen LogP contribution in [0.15, 0.2) is 48.5 Å². The molecule has 1 aliphatic heterocycles. The maximum atomic E-state index is 12.7. The van der Waals surface area contributed by atoms with Gasteiger partial charge in [-0.05, 0) is 57.2 Å². The highest BCUT2D eigenvalue weighted by Crippen LogP contribution is 2.33. The normalized spacial score (nSPS) is 22.5. The Labute approximate surface area is 164 Å². The molecule has 1 heterocycles. The van der Waals surface area contributed by atoms with Crippen LogP contribution in [0, 0.1) is 5.41 Å². The highest BCUT2D eigenvalue weighted by atomic mass is 35.5. The summed E-state index contributed by atoms with van der Waals surface area (Å²) in [7, 11) is 0. The second-order valence-corrected chi connectivity index (χ2v) is 7.65. The number of nitrogens with one attached hydrogen (secondary N) is 1. The van der Waals surface area contributed by atoms with Gasteiger partial charge < -0.3 is 19.5 Å². The van der Waals surface area contributed by atoms with E-state index >= 15 is 0 Å². The number of anilines is 1. The van der Waals surface area contributed by atoms with Gasteiger partial charge in [0.15, 0.2) is 6.29 Å². The van der Waals surface area contributed by atoms with Gasteiger partial charge in [0.25, 0.3) is 0 Å². The number of hydrogen-bond acceptors (Lipinski definition) is 4. The molecule has 144 valence electrons. The molecule has 1 amide bonds. The van der Waals surface area contributed by atoms with Crippen LogP contribution in [-0.2, 0) is 14.3 Å². The van der Waals surface area contributed by atoms with Crippen LogP contribution in [0.4, 0.5) is 5.69 Å². The molecule has 0 atom stereocenters. The summed E-state index contributed by atoms with van der Waals surface area (Å²) in [6.45, 7) is 6.30. The standard InChI is InChI=1S/C21H24ClNO4/c1-14(2)27-18-10-8-17(9-11-18)23-20(24)21(3)12-25-19(26-13-21)15-4-6-16(22)7-5-15/h4-11,14,19H,12-13H2,1-3H3,(H,23,24). The number of ether oxygens (including phenoxy) is 3. The first-order valence-corrected chi connectivity index (χ1v) is 9.30. The molecule has 2 aromatic rings. The summed E-state index contributed by atoms with van der Waals surface area (Å²) in [4.78, 5) is 12.7. The number of carbonyl (C=O) groups is 1. The molecule has 2 aromatic carbocycles. The van der Waals surface area contributed by atoms with Crippen LogP contribution >= 0.6 is 11.6 Å². The lowest BCUT2D eigenvalue weighted by Crippen LogP contribution is -2.45. The molecule has 0 bridgehead atoms. The van der Waals surface area contributed by atoms with E-state index in [1.165, 1.54) is 0 Å². The van der Waals surface area contributed by atoms with Gasteiger partial charge in [0.05, 0.1) is 24.7 Å². The van der Waals surface area contributed by atoms with Gasteiger partial charge in [0.1, 0.15) is 5.75 Å². The summed E-state index contributed by atoms with van der Waals surface area (Å²) in [5.41, 5.74) is 0.815. The highest BCUT2D eigenvalue weighted by Gasteiger charge is 2.39. The summed E-state index contributed by atoms with van der Waals surface area (Å²) in [5.74, 6) is 0.624. The van der Waals surface area contributed by atoms with Gasteiger partial charge in [-0.2, -0.15) is 0 Å². The Kier molecular flexibility index (Phi) is 6.05. The quantitative estimate of drug-likeness (QED) is 0.796. The fourth-order valence-corrected chi connectivity index (χ4v) is 2.85. The molecule has 5 nitrogen and oxygen atoms in total. The summed E-state index contributed by atoms with van der Waals surface area (Å²) in [6.07, 6.45) is -0.384.